The molecule has 7 nitrogen and oxygen atoms in total. The van der Waals surface area contributed by atoms with Crippen LogP contribution in [0.4, 0.5) is 10.2 Å². The Balaban J connectivity index is 1.34. The number of anilines is 1. The zero-order valence-corrected chi connectivity index (χ0v) is 15.8. The zero-order chi connectivity index (χ0) is 19.7. The van der Waals surface area contributed by atoms with Crippen molar-refractivity contribution in [2.75, 3.05) is 18.0 Å². The van der Waals surface area contributed by atoms with Crippen molar-refractivity contribution >= 4 is 11.7 Å². The molecule has 4 rings (SSSR count). The lowest BCUT2D eigenvalue weighted by molar-refractivity contribution is -0.125. The summed E-state index contributed by atoms with van der Waals surface area (Å²) < 4.78 is 14.7. The number of hydrogen-bond donors (Lipinski definition) is 1. The maximum atomic E-state index is 12.9. The molecule has 144 valence electrons. The first-order valence-corrected chi connectivity index (χ1v) is 9.12. The highest BCUT2D eigenvalue weighted by atomic mass is 19.1. The van der Waals surface area contributed by atoms with E-state index in [4.69, 9.17) is 0 Å². The van der Waals surface area contributed by atoms with Crippen LogP contribution in [-0.4, -0.2) is 38.7 Å². The Hall–Kier alpha value is -3.29. The number of carbonyl (C=O) groups is 1. The molecule has 1 amide bonds. The van der Waals surface area contributed by atoms with Crippen molar-refractivity contribution in [3.63, 3.8) is 0 Å². The average molecular weight is 380 g/mol. The highest BCUT2D eigenvalue weighted by Crippen LogP contribution is 2.24. The summed E-state index contributed by atoms with van der Waals surface area (Å²) in [4.78, 5) is 23.0. The minimum atomic E-state index is -0.283. The number of aryl methyl sites for hydroxylation is 2. The van der Waals surface area contributed by atoms with E-state index in [-0.39, 0.29) is 17.6 Å². The Labute approximate surface area is 162 Å². The molecule has 3 heterocycles. The van der Waals surface area contributed by atoms with Crippen LogP contribution in [0.5, 0.6) is 0 Å². The van der Waals surface area contributed by atoms with E-state index in [1.165, 1.54) is 18.5 Å². The maximum Gasteiger partial charge on any atom is 0.226 e. The van der Waals surface area contributed by atoms with Gasteiger partial charge in [-0.25, -0.2) is 19.0 Å². The van der Waals surface area contributed by atoms with Gasteiger partial charge in [0.1, 0.15) is 18.0 Å². The Bertz CT molecular complexity index is 994. The Kier molecular flexibility index (Phi) is 4.77. The summed E-state index contributed by atoms with van der Waals surface area (Å²) in [5.41, 5.74) is 2.81. The molecule has 0 atom stereocenters. The number of nitrogens with zero attached hydrogens (tertiary/aromatic N) is 5. The number of aromatic nitrogens is 4. The second-order valence-electron chi connectivity index (χ2n) is 7.02. The molecular weight excluding hydrogens is 359 g/mol. The summed E-state index contributed by atoms with van der Waals surface area (Å²) in [5, 5.41) is 7.35. The maximum absolute atomic E-state index is 12.9. The van der Waals surface area contributed by atoms with E-state index in [2.05, 4.69) is 20.4 Å². The van der Waals surface area contributed by atoms with E-state index in [1.807, 2.05) is 30.9 Å². The first-order chi connectivity index (χ1) is 13.5. The van der Waals surface area contributed by atoms with Gasteiger partial charge in [0.2, 0.25) is 5.91 Å². The molecule has 0 radical (unpaired) electrons. The van der Waals surface area contributed by atoms with Gasteiger partial charge >= 0.3 is 0 Å². The van der Waals surface area contributed by atoms with Gasteiger partial charge in [-0.2, -0.15) is 5.10 Å². The summed E-state index contributed by atoms with van der Waals surface area (Å²) in [5.74, 6) is 1.11. The Morgan fingerprint density at radius 2 is 1.86 bits per heavy atom. The van der Waals surface area contributed by atoms with Gasteiger partial charge < -0.3 is 10.2 Å². The number of amides is 1. The number of halogens is 1. The van der Waals surface area contributed by atoms with E-state index in [0.717, 1.165) is 22.8 Å². The molecule has 0 saturated carbocycles. The molecule has 1 aromatic carbocycles. The second kappa shape index (κ2) is 7.38. The largest absolute Gasteiger partial charge is 0.355 e. The van der Waals surface area contributed by atoms with Crippen LogP contribution in [0.1, 0.15) is 17.0 Å². The quantitative estimate of drug-likeness (QED) is 0.734. The molecular formula is C20H21FN6O. The second-order valence-corrected chi connectivity index (χ2v) is 7.02. The predicted molar refractivity (Wildman–Crippen MR) is 103 cm³/mol. The third-order valence-electron chi connectivity index (χ3n) is 4.82. The molecule has 1 saturated heterocycles. The minimum Gasteiger partial charge on any atom is -0.355 e. The monoisotopic (exact) mass is 380 g/mol. The smallest absolute Gasteiger partial charge is 0.226 e. The number of carbonyl (C=O) groups excluding carboxylic acids is 1. The van der Waals surface area contributed by atoms with Gasteiger partial charge in [-0.05, 0) is 37.6 Å². The van der Waals surface area contributed by atoms with E-state index < -0.39 is 0 Å². The number of hydrogen-bond acceptors (Lipinski definition) is 5. The van der Waals surface area contributed by atoms with Crippen LogP contribution in [0.15, 0.2) is 42.7 Å². The molecule has 28 heavy (non-hydrogen) atoms. The van der Waals surface area contributed by atoms with Crippen molar-refractivity contribution in [1.29, 1.82) is 0 Å². The van der Waals surface area contributed by atoms with Gasteiger partial charge in [0.25, 0.3) is 0 Å². The summed E-state index contributed by atoms with van der Waals surface area (Å²) in [6, 6.07) is 10.00. The molecule has 1 N–H and O–H groups in total. The molecule has 1 fully saturated rings. The molecule has 1 aliphatic heterocycles. The highest BCUT2D eigenvalue weighted by Gasteiger charge is 2.33. The standard InChI is InChI=1S/C20H21FN6O/c1-13-7-14(2)27(25-13)19-8-18(23-12-24-19)26-10-16(11-26)20(28)22-9-15-3-5-17(21)6-4-15/h3-8,12,16H,9-11H2,1-2H3,(H,22,28). The van der Waals surface area contributed by atoms with Gasteiger partial charge in [-0.15, -0.1) is 0 Å². The molecule has 0 aliphatic carbocycles. The van der Waals surface area contributed by atoms with Crippen LogP contribution in [-0.2, 0) is 11.3 Å². The van der Waals surface area contributed by atoms with Crippen molar-refractivity contribution in [3.05, 3.63) is 65.5 Å². The van der Waals surface area contributed by atoms with Crippen LogP contribution in [0.25, 0.3) is 5.82 Å². The van der Waals surface area contributed by atoms with Crippen molar-refractivity contribution in [2.24, 2.45) is 5.92 Å². The normalized spacial score (nSPS) is 14.0. The fraction of sp³-hybridized carbons (Fsp3) is 0.300. The first-order valence-electron chi connectivity index (χ1n) is 9.12. The van der Waals surface area contributed by atoms with Crippen molar-refractivity contribution < 1.29 is 9.18 Å². The van der Waals surface area contributed by atoms with Crippen LogP contribution < -0.4 is 10.2 Å². The topological polar surface area (TPSA) is 75.9 Å². The summed E-state index contributed by atoms with van der Waals surface area (Å²) >= 11 is 0. The molecule has 8 heteroatoms. The minimum absolute atomic E-state index is 0.00611. The number of benzene rings is 1. The SMILES string of the molecule is Cc1cc(C)n(-c2cc(N3CC(C(=O)NCc4ccc(F)cc4)C3)ncn2)n1. The molecule has 2 aromatic heterocycles. The van der Waals surface area contributed by atoms with Crippen LogP contribution >= 0.6 is 0 Å². The molecule has 0 unspecified atom stereocenters. The van der Waals surface area contributed by atoms with Gasteiger partial charge in [0.05, 0.1) is 11.6 Å². The summed E-state index contributed by atoms with van der Waals surface area (Å²) in [6.07, 6.45) is 1.52. The fourth-order valence-corrected chi connectivity index (χ4v) is 3.25. The van der Waals surface area contributed by atoms with E-state index in [1.54, 1.807) is 16.8 Å². The van der Waals surface area contributed by atoms with E-state index in [9.17, 15) is 9.18 Å². The first kappa shape index (κ1) is 18.1. The van der Waals surface area contributed by atoms with Crippen LogP contribution in [0.2, 0.25) is 0 Å². The summed E-state index contributed by atoms with van der Waals surface area (Å²) in [7, 11) is 0. The number of nitrogens with one attached hydrogen (secondary N) is 1. The molecule has 0 spiro atoms. The molecule has 0 bridgehead atoms. The lowest BCUT2D eigenvalue weighted by atomic mass is 9.99. The Morgan fingerprint density at radius 3 is 2.54 bits per heavy atom. The van der Waals surface area contributed by atoms with Crippen molar-refractivity contribution in [1.82, 2.24) is 25.1 Å². The number of rotatable bonds is 5. The van der Waals surface area contributed by atoms with Gasteiger partial charge in [0, 0.05) is 31.4 Å². The van der Waals surface area contributed by atoms with Gasteiger partial charge in [-0.3, -0.25) is 4.79 Å². The van der Waals surface area contributed by atoms with Gasteiger partial charge in [-0.1, -0.05) is 12.1 Å². The summed E-state index contributed by atoms with van der Waals surface area (Å²) in [6.45, 7) is 5.51. The molecule has 3 aromatic rings. The van der Waals surface area contributed by atoms with E-state index in [0.29, 0.717) is 25.5 Å². The lowest BCUT2D eigenvalue weighted by Gasteiger charge is -2.39. The lowest BCUT2D eigenvalue weighted by Crippen LogP contribution is -2.54. The van der Waals surface area contributed by atoms with E-state index >= 15 is 0 Å². The van der Waals surface area contributed by atoms with Crippen LogP contribution in [0.3, 0.4) is 0 Å². The predicted octanol–water partition coefficient (Wildman–Crippen LogP) is 2.17. The third kappa shape index (κ3) is 3.71. The van der Waals surface area contributed by atoms with Crippen molar-refractivity contribution in [3.8, 4) is 5.82 Å². The van der Waals surface area contributed by atoms with Crippen molar-refractivity contribution in [2.45, 2.75) is 20.4 Å². The van der Waals surface area contributed by atoms with Crippen LogP contribution in [0, 0.1) is 25.6 Å². The zero-order valence-electron chi connectivity index (χ0n) is 15.8. The Morgan fingerprint density at radius 1 is 1.14 bits per heavy atom. The fourth-order valence-electron chi connectivity index (χ4n) is 3.25. The van der Waals surface area contributed by atoms with Gasteiger partial charge in [0.15, 0.2) is 5.82 Å². The average Bonchev–Trinajstić information content (AvgIpc) is 2.98. The third-order valence-corrected chi connectivity index (χ3v) is 4.82. The molecule has 1 aliphatic rings. The highest BCUT2D eigenvalue weighted by molar-refractivity contribution is 5.81.